The first-order valence-electron chi connectivity index (χ1n) is 20.2. The van der Waals surface area contributed by atoms with Crippen LogP contribution in [0, 0.1) is 0 Å². The number of nitrogens with zero attached hydrogens (tertiary/aromatic N) is 1. The van der Waals surface area contributed by atoms with Crippen molar-refractivity contribution in [3.8, 4) is 66.8 Å². The zero-order valence-corrected chi connectivity index (χ0v) is 32.8. The van der Waals surface area contributed by atoms with Gasteiger partial charge in [-0.25, -0.2) is 0 Å². The third-order valence-corrected chi connectivity index (χ3v) is 11.9. The summed E-state index contributed by atoms with van der Waals surface area (Å²) in [6.07, 6.45) is 0. The Bertz CT molecular complexity index is 2890. The number of anilines is 3. The molecule has 58 heavy (non-hydrogen) atoms. The number of fused-ring (bicyclic) bond motifs is 3. The maximum absolute atomic E-state index is 2.52. The van der Waals surface area contributed by atoms with E-state index in [4.69, 9.17) is 0 Å². The number of hydrogen-bond acceptors (Lipinski definition) is 1. The molecule has 0 atom stereocenters. The van der Waals surface area contributed by atoms with E-state index >= 15 is 0 Å². The lowest BCUT2D eigenvalue weighted by atomic mass is 9.82. The molecular weight excluding hydrogens is 699 g/mol. The van der Waals surface area contributed by atoms with Crippen molar-refractivity contribution in [1.82, 2.24) is 0 Å². The van der Waals surface area contributed by atoms with Crippen LogP contribution in [-0.2, 0) is 5.41 Å². The van der Waals surface area contributed by atoms with Crippen LogP contribution in [0.25, 0.3) is 66.8 Å². The van der Waals surface area contributed by atoms with E-state index in [0.717, 1.165) is 22.6 Å². The molecule has 1 aliphatic rings. The molecule has 0 saturated heterocycles. The van der Waals surface area contributed by atoms with Gasteiger partial charge in [0.25, 0.3) is 0 Å². The van der Waals surface area contributed by atoms with Crippen molar-refractivity contribution in [3.63, 3.8) is 0 Å². The monoisotopic (exact) mass is 741 g/mol. The Morgan fingerprint density at radius 2 is 0.741 bits per heavy atom. The second-order valence-electron chi connectivity index (χ2n) is 15.7. The third kappa shape index (κ3) is 6.13. The van der Waals surface area contributed by atoms with Crippen LogP contribution in [-0.4, -0.2) is 0 Å². The van der Waals surface area contributed by atoms with Gasteiger partial charge in [-0.2, -0.15) is 0 Å². The summed E-state index contributed by atoms with van der Waals surface area (Å²) in [7, 11) is 0. The van der Waals surface area contributed by atoms with E-state index in [1.807, 2.05) is 0 Å². The van der Waals surface area contributed by atoms with E-state index in [2.05, 4.69) is 243 Å². The molecule has 0 saturated carbocycles. The van der Waals surface area contributed by atoms with Crippen LogP contribution < -0.4 is 4.90 Å². The average molecular weight is 742 g/mol. The van der Waals surface area contributed by atoms with Gasteiger partial charge in [0.05, 0.1) is 11.4 Å². The van der Waals surface area contributed by atoms with Gasteiger partial charge in [0.2, 0.25) is 0 Å². The number of rotatable bonds is 8. The predicted molar refractivity (Wildman–Crippen MR) is 246 cm³/mol. The molecule has 276 valence electrons. The molecule has 0 heterocycles. The molecule has 0 aromatic heterocycles. The Morgan fingerprint density at radius 1 is 0.293 bits per heavy atom. The summed E-state index contributed by atoms with van der Waals surface area (Å²) >= 11 is 0. The number of benzene rings is 9. The molecule has 0 spiro atoms. The summed E-state index contributed by atoms with van der Waals surface area (Å²) in [6.45, 7) is 4.73. The van der Waals surface area contributed by atoms with Crippen molar-refractivity contribution in [2.45, 2.75) is 19.3 Å². The highest BCUT2D eigenvalue weighted by Gasteiger charge is 2.36. The van der Waals surface area contributed by atoms with Crippen LogP contribution in [0.3, 0.4) is 0 Å². The molecule has 0 amide bonds. The molecule has 0 N–H and O–H groups in total. The van der Waals surface area contributed by atoms with Crippen LogP contribution in [0.1, 0.15) is 25.0 Å². The van der Waals surface area contributed by atoms with Crippen molar-refractivity contribution < 1.29 is 0 Å². The van der Waals surface area contributed by atoms with Gasteiger partial charge in [0, 0.05) is 22.2 Å². The maximum atomic E-state index is 2.52. The van der Waals surface area contributed by atoms with E-state index in [0.29, 0.717) is 0 Å². The summed E-state index contributed by atoms with van der Waals surface area (Å²) in [5, 5.41) is 0. The Labute approximate surface area is 342 Å². The van der Waals surface area contributed by atoms with E-state index in [1.54, 1.807) is 0 Å². The molecule has 1 heteroatoms. The molecule has 1 aliphatic carbocycles. The van der Waals surface area contributed by atoms with Gasteiger partial charge in [0.15, 0.2) is 0 Å². The molecule has 0 bridgehead atoms. The molecule has 0 radical (unpaired) electrons. The molecular formula is C57H43N. The SMILES string of the molecule is CC1(C)c2ccccc2-c2ccc(N(c3ccccc3-c3ccc(-c4ccccc4)cc3)c3cccc(-c4ccccc4)c3-c3ccccc3-c3ccccc3)cc21. The van der Waals surface area contributed by atoms with E-state index in [9.17, 15) is 0 Å². The Balaban J connectivity index is 1.25. The van der Waals surface area contributed by atoms with E-state index in [-0.39, 0.29) is 5.41 Å². The Hall–Kier alpha value is -7.22. The second-order valence-corrected chi connectivity index (χ2v) is 15.7. The molecule has 0 aliphatic heterocycles. The van der Waals surface area contributed by atoms with Gasteiger partial charge < -0.3 is 4.90 Å². The second kappa shape index (κ2) is 14.7. The topological polar surface area (TPSA) is 3.24 Å². The predicted octanol–water partition coefficient (Wildman–Crippen LogP) is 15.8. The van der Waals surface area contributed by atoms with Crippen LogP contribution in [0.5, 0.6) is 0 Å². The number of para-hydroxylation sites is 1. The third-order valence-electron chi connectivity index (χ3n) is 11.9. The summed E-state index contributed by atoms with van der Waals surface area (Å²) < 4.78 is 0. The van der Waals surface area contributed by atoms with E-state index in [1.165, 1.54) is 72.3 Å². The maximum Gasteiger partial charge on any atom is 0.0546 e. The minimum atomic E-state index is -0.158. The van der Waals surface area contributed by atoms with Crippen molar-refractivity contribution in [2.75, 3.05) is 4.90 Å². The highest BCUT2D eigenvalue weighted by atomic mass is 15.1. The highest BCUT2D eigenvalue weighted by Crippen LogP contribution is 2.53. The molecule has 0 unspecified atom stereocenters. The fourth-order valence-corrected chi connectivity index (χ4v) is 9.06. The van der Waals surface area contributed by atoms with Crippen LogP contribution in [0.15, 0.2) is 224 Å². The fourth-order valence-electron chi connectivity index (χ4n) is 9.06. The standard InChI is InChI=1S/C57H43N/c1-57(2)52-30-16-14-27-49(52)50-38-37-45(39-53(50)57)58(54-31-17-15-26-47(54)44-35-33-41(34-36-44)40-19-6-3-7-20-40)55-32-18-29-48(43-23-10-5-11-24-43)56(55)51-28-13-12-25-46(51)42-21-8-4-9-22-42/h3-39H,1-2H3. The lowest BCUT2D eigenvalue weighted by Gasteiger charge is -2.32. The van der Waals surface area contributed by atoms with Gasteiger partial charge in [0.1, 0.15) is 0 Å². The van der Waals surface area contributed by atoms with Crippen molar-refractivity contribution in [2.24, 2.45) is 0 Å². The molecule has 1 nitrogen and oxygen atoms in total. The Kier molecular flexibility index (Phi) is 8.92. The quantitative estimate of drug-likeness (QED) is 0.150. The first kappa shape index (κ1) is 35.2. The first-order chi connectivity index (χ1) is 28.6. The molecule has 9 aromatic rings. The largest absolute Gasteiger partial charge is 0.309 e. The van der Waals surface area contributed by atoms with Gasteiger partial charge in [-0.05, 0) is 91.0 Å². The highest BCUT2D eigenvalue weighted by molar-refractivity contribution is 6.03. The average Bonchev–Trinajstić information content (AvgIpc) is 3.53. The normalized spacial score (nSPS) is 12.4. The molecule has 9 aromatic carbocycles. The lowest BCUT2D eigenvalue weighted by molar-refractivity contribution is 0.660. The summed E-state index contributed by atoms with van der Waals surface area (Å²) in [5.41, 5.74) is 20.4. The van der Waals surface area contributed by atoms with E-state index < -0.39 is 0 Å². The van der Waals surface area contributed by atoms with Gasteiger partial charge in [-0.15, -0.1) is 0 Å². The lowest BCUT2D eigenvalue weighted by Crippen LogP contribution is -2.17. The smallest absolute Gasteiger partial charge is 0.0546 e. The minimum absolute atomic E-state index is 0.158. The van der Waals surface area contributed by atoms with Gasteiger partial charge in [-0.3, -0.25) is 0 Å². The van der Waals surface area contributed by atoms with Crippen LogP contribution in [0.2, 0.25) is 0 Å². The van der Waals surface area contributed by atoms with Gasteiger partial charge in [-0.1, -0.05) is 214 Å². The number of hydrogen-bond donors (Lipinski definition) is 0. The summed E-state index contributed by atoms with van der Waals surface area (Å²) in [5.74, 6) is 0. The molecule has 10 rings (SSSR count). The molecule has 0 fully saturated rings. The zero-order chi connectivity index (χ0) is 39.1. The van der Waals surface area contributed by atoms with Crippen molar-refractivity contribution in [1.29, 1.82) is 0 Å². The van der Waals surface area contributed by atoms with Crippen molar-refractivity contribution in [3.05, 3.63) is 236 Å². The summed E-state index contributed by atoms with van der Waals surface area (Å²) in [6, 6.07) is 81.9. The fraction of sp³-hybridized carbons (Fsp3) is 0.0526. The first-order valence-corrected chi connectivity index (χ1v) is 20.2. The van der Waals surface area contributed by atoms with Crippen LogP contribution >= 0.6 is 0 Å². The summed E-state index contributed by atoms with van der Waals surface area (Å²) in [4.78, 5) is 2.52. The Morgan fingerprint density at radius 3 is 1.43 bits per heavy atom. The van der Waals surface area contributed by atoms with Crippen LogP contribution in [0.4, 0.5) is 17.1 Å². The zero-order valence-electron chi connectivity index (χ0n) is 32.8. The minimum Gasteiger partial charge on any atom is -0.309 e. The van der Waals surface area contributed by atoms with Crippen molar-refractivity contribution >= 4 is 17.1 Å². The van der Waals surface area contributed by atoms with Gasteiger partial charge >= 0.3 is 0 Å².